The second-order valence-electron chi connectivity index (χ2n) is 6.55. The van der Waals surface area contributed by atoms with Gasteiger partial charge in [0.25, 0.3) is 0 Å². The van der Waals surface area contributed by atoms with Crippen molar-refractivity contribution in [3.63, 3.8) is 0 Å². The van der Waals surface area contributed by atoms with Crippen LogP contribution in [0, 0.1) is 0 Å². The van der Waals surface area contributed by atoms with Gasteiger partial charge in [-0.3, -0.25) is 4.79 Å². The standard InChI is InChI=1S/C21H25NO3/c23-18(14-22-17-10-4-5-11-17)15-25-20-13-7-6-12-19(20)21(24)16-8-2-1-3-9-16/h1-3,6-9,12-13,17-18,22-23H,4-5,10-11,14-15H2/t18-/m1/s1. The van der Waals surface area contributed by atoms with E-state index in [-0.39, 0.29) is 12.4 Å². The van der Waals surface area contributed by atoms with Crippen LogP contribution in [0.1, 0.15) is 41.6 Å². The van der Waals surface area contributed by atoms with Crippen LogP contribution in [0.15, 0.2) is 54.6 Å². The van der Waals surface area contributed by atoms with Crippen molar-refractivity contribution in [3.8, 4) is 5.75 Å². The molecule has 0 radical (unpaired) electrons. The van der Waals surface area contributed by atoms with Crippen LogP contribution in [-0.4, -0.2) is 36.2 Å². The van der Waals surface area contributed by atoms with Crippen LogP contribution < -0.4 is 10.1 Å². The minimum absolute atomic E-state index is 0.0743. The van der Waals surface area contributed by atoms with Crippen LogP contribution in [-0.2, 0) is 0 Å². The fourth-order valence-corrected chi connectivity index (χ4v) is 3.20. The summed E-state index contributed by atoms with van der Waals surface area (Å²) in [6, 6.07) is 16.8. The van der Waals surface area contributed by atoms with Gasteiger partial charge in [-0.2, -0.15) is 0 Å². The molecule has 0 spiro atoms. The first-order chi connectivity index (χ1) is 12.2. The molecule has 1 aliphatic carbocycles. The number of rotatable bonds is 8. The van der Waals surface area contributed by atoms with Gasteiger partial charge in [-0.25, -0.2) is 0 Å². The monoisotopic (exact) mass is 339 g/mol. The van der Waals surface area contributed by atoms with E-state index in [0.29, 0.717) is 29.5 Å². The fourth-order valence-electron chi connectivity index (χ4n) is 3.20. The maximum atomic E-state index is 12.7. The quantitative estimate of drug-likeness (QED) is 0.725. The fraction of sp³-hybridized carbons (Fsp3) is 0.381. The van der Waals surface area contributed by atoms with E-state index >= 15 is 0 Å². The van der Waals surface area contributed by atoms with Crippen molar-refractivity contribution < 1.29 is 14.6 Å². The number of ketones is 1. The van der Waals surface area contributed by atoms with Gasteiger partial charge in [-0.1, -0.05) is 55.3 Å². The topological polar surface area (TPSA) is 58.6 Å². The molecule has 0 aromatic heterocycles. The average Bonchev–Trinajstić information content (AvgIpc) is 3.19. The van der Waals surface area contributed by atoms with E-state index in [0.717, 1.165) is 0 Å². The SMILES string of the molecule is O=C(c1ccccc1)c1ccccc1OC[C@H](O)CNC1CCCC1. The lowest BCUT2D eigenvalue weighted by molar-refractivity contribution is 0.0978. The Balaban J connectivity index is 1.58. The summed E-state index contributed by atoms with van der Waals surface area (Å²) < 4.78 is 5.75. The van der Waals surface area contributed by atoms with Crippen LogP contribution in [0.2, 0.25) is 0 Å². The normalized spacial score (nSPS) is 15.9. The molecule has 0 saturated heterocycles. The van der Waals surface area contributed by atoms with Crippen LogP contribution >= 0.6 is 0 Å². The van der Waals surface area contributed by atoms with E-state index in [1.165, 1.54) is 25.7 Å². The summed E-state index contributed by atoms with van der Waals surface area (Å²) in [5.41, 5.74) is 1.15. The van der Waals surface area contributed by atoms with Crippen molar-refractivity contribution in [1.29, 1.82) is 0 Å². The second kappa shape index (κ2) is 8.79. The van der Waals surface area contributed by atoms with Gasteiger partial charge in [-0.05, 0) is 25.0 Å². The third-order valence-corrected chi connectivity index (χ3v) is 4.60. The molecule has 1 saturated carbocycles. The summed E-state index contributed by atoms with van der Waals surface area (Å²) in [5.74, 6) is 0.436. The molecule has 25 heavy (non-hydrogen) atoms. The molecule has 1 atom stereocenters. The Morgan fingerprint density at radius 1 is 1.08 bits per heavy atom. The molecule has 4 nitrogen and oxygen atoms in total. The molecule has 1 fully saturated rings. The number of carbonyl (C=O) groups excluding carboxylic acids is 1. The molecule has 0 unspecified atom stereocenters. The summed E-state index contributed by atoms with van der Waals surface area (Å²) >= 11 is 0. The lowest BCUT2D eigenvalue weighted by Crippen LogP contribution is -2.36. The van der Waals surface area contributed by atoms with Crippen molar-refractivity contribution in [2.45, 2.75) is 37.8 Å². The van der Waals surface area contributed by atoms with Crippen molar-refractivity contribution in [1.82, 2.24) is 5.32 Å². The molecule has 2 aromatic carbocycles. The van der Waals surface area contributed by atoms with Gasteiger partial charge >= 0.3 is 0 Å². The number of ether oxygens (including phenoxy) is 1. The molecule has 0 amide bonds. The number of aliphatic hydroxyl groups is 1. The maximum Gasteiger partial charge on any atom is 0.196 e. The van der Waals surface area contributed by atoms with Crippen molar-refractivity contribution in [2.75, 3.05) is 13.2 Å². The van der Waals surface area contributed by atoms with E-state index in [1.807, 2.05) is 30.3 Å². The van der Waals surface area contributed by atoms with E-state index in [9.17, 15) is 9.90 Å². The Bertz CT molecular complexity index is 681. The Morgan fingerprint density at radius 2 is 1.76 bits per heavy atom. The second-order valence-corrected chi connectivity index (χ2v) is 6.55. The van der Waals surface area contributed by atoms with Gasteiger partial charge in [0.05, 0.1) is 5.56 Å². The highest BCUT2D eigenvalue weighted by Crippen LogP contribution is 2.22. The van der Waals surface area contributed by atoms with Gasteiger partial charge in [0.15, 0.2) is 5.78 Å². The average molecular weight is 339 g/mol. The highest BCUT2D eigenvalue weighted by Gasteiger charge is 2.17. The largest absolute Gasteiger partial charge is 0.490 e. The van der Waals surface area contributed by atoms with E-state index in [4.69, 9.17) is 4.74 Å². The molecular formula is C21H25NO3. The zero-order valence-electron chi connectivity index (χ0n) is 14.4. The van der Waals surface area contributed by atoms with E-state index < -0.39 is 6.10 Å². The van der Waals surface area contributed by atoms with Crippen LogP contribution in [0.25, 0.3) is 0 Å². The summed E-state index contributed by atoms with van der Waals surface area (Å²) in [6.45, 7) is 0.679. The zero-order valence-corrected chi connectivity index (χ0v) is 14.4. The highest BCUT2D eigenvalue weighted by atomic mass is 16.5. The first-order valence-electron chi connectivity index (χ1n) is 8.97. The van der Waals surface area contributed by atoms with E-state index in [2.05, 4.69) is 5.32 Å². The maximum absolute atomic E-state index is 12.7. The molecular weight excluding hydrogens is 314 g/mol. The third kappa shape index (κ3) is 4.91. The third-order valence-electron chi connectivity index (χ3n) is 4.60. The summed E-state index contributed by atoms with van der Waals surface area (Å²) in [5, 5.41) is 13.5. The number of nitrogens with one attached hydrogen (secondary N) is 1. The number of hydrogen-bond donors (Lipinski definition) is 2. The first kappa shape index (κ1) is 17.6. The van der Waals surface area contributed by atoms with Crippen molar-refractivity contribution in [2.24, 2.45) is 0 Å². The predicted octanol–water partition coefficient (Wildman–Crippen LogP) is 3.19. The molecule has 2 aromatic rings. The smallest absolute Gasteiger partial charge is 0.196 e. The van der Waals surface area contributed by atoms with Crippen molar-refractivity contribution in [3.05, 3.63) is 65.7 Å². The molecule has 3 rings (SSSR count). The van der Waals surface area contributed by atoms with Gasteiger partial charge < -0.3 is 15.2 Å². The van der Waals surface area contributed by atoms with Crippen molar-refractivity contribution >= 4 is 5.78 Å². The zero-order chi connectivity index (χ0) is 17.5. The summed E-state index contributed by atoms with van der Waals surface area (Å²) in [7, 11) is 0. The minimum atomic E-state index is -0.597. The minimum Gasteiger partial charge on any atom is -0.490 e. The lowest BCUT2D eigenvalue weighted by atomic mass is 10.0. The Kier molecular flexibility index (Phi) is 6.20. The van der Waals surface area contributed by atoms with Gasteiger partial charge in [0.2, 0.25) is 0 Å². The van der Waals surface area contributed by atoms with E-state index in [1.54, 1.807) is 24.3 Å². The first-order valence-corrected chi connectivity index (χ1v) is 8.97. The molecule has 0 heterocycles. The highest BCUT2D eigenvalue weighted by molar-refractivity contribution is 6.10. The molecule has 0 bridgehead atoms. The predicted molar refractivity (Wildman–Crippen MR) is 98.1 cm³/mol. The van der Waals surface area contributed by atoms with Crippen LogP contribution in [0.5, 0.6) is 5.75 Å². The summed E-state index contributed by atoms with van der Waals surface area (Å²) in [4.78, 5) is 12.7. The lowest BCUT2D eigenvalue weighted by Gasteiger charge is -2.17. The number of para-hydroxylation sites is 1. The Morgan fingerprint density at radius 3 is 2.52 bits per heavy atom. The summed E-state index contributed by atoms with van der Waals surface area (Å²) in [6.07, 6.45) is 4.29. The molecule has 4 heteroatoms. The Hall–Kier alpha value is -2.17. The number of benzene rings is 2. The number of aliphatic hydroxyl groups excluding tert-OH is 1. The molecule has 2 N–H and O–H groups in total. The Labute approximate surface area is 148 Å². The number of carbonyl (C=O) groups is 1. The number of hydrogen-bond acceptors (Lipinski definition) is 4. The molecule has 1 aliphatic rings. The van der Waals surface area contributed by atoms with Gasteiger partial charge in [-0.15, -0.1) is 0 Å². The van der Waals surface area contributed by atoms with Crippen LogP contribution in [0.4, 0.5) is 0 Å². The molecule has 0 aliphatic heterocycles. The van der Waals surface area contributed by atoms with Crippen LogP contribution in [0.3, 0.4) is 0 Å². The molecule has 132 valence electrons. The van der Waals surface area contributed by atoms with Gasteiger partial charge in [0, 0.05) is 18.2 Å². The van der Waals surface area contributed by atoms with Gasteiger partial charge in [0.1, 0.15) is 18.5 Å².